The fourth-order valence-electron chi connectivity index (χ4n) is 3.74. The van der Waals surface area contributed by atoms with E-state index in [1.54, 1.807) is 0 Å². The second-order valence-corrected chi connectivity index (χ2v) is 7.15. The molecule has 1 amide bonds. The highest BCUT2D eigenvalue weighted by Crippen LogP contribution is 2.33. The summed E-state index contributed by atoms with van der Waals surface area (Å²) in [5.41, 5.74) is 2.05. The average Bonchev–Trinajstić information content (AvgIpc) is 3.20. The van der Waals surface area contributed by atoms with Crippen LogP contribution in [0.25, 0.3) is 21.8 Å². The van der Waals surface area contributed by atoms with Crippen LogP contribution in [0.1, 0.15) is 45.0 Å². The standard InChI is InChI=1S/C20H23N3O/c1-13(2)12-18(24)23-11-5-8-17(23)20-21-16-10-9-14-6-3-4-7-15(14)19(16)22-20/h3-4,6-7,9-10,13,17H,5,8,11-12H2,1-2H3,(H,21,22). The minimum atomic E-state index is 0.0856. The van der Waals surface area contributed by atoms with Crippen molar-refractivity contribution in [1.82, 2.24) is 14.9 Å². The van der Waals surface area contributed by atoms with E-state index in [0.717, 1.165) is 41.6 Å². The van der Waals surface area contributed by atoms with Gasteiger partial charge in [-0.2, -0.15) is 0 Å². The van der Waals surface area contributed by atoms with E-state index in [4.69, 9.17) is 4.98 Å². The van der Waals surface area contributed by atoms with Gasteiger partial charge in [0, 0.05) is 18.4 Å². The van der Waals surface area contributed by atoms with Gasteiger partial charge < -0.3 is 9.88 Å². The molecule has 1 aromatic heterocycles. The lowest BCUT2D eigenvalue weighted by atomic mass is 10.1. The monoisotopic (exact) mass is 321 g/mol. The molecule has 124 valence electrons. The maximum atomic E-state index is 12.6. The van der Waals surface area contributed by atoms with Gasteiger partial charge >= 0.3 is 0 Å². The smallest absolute Gasteiger partial charge is 0.223 e. The number of H-pyrrole nitrogens is 1. The summed E-state index contributed by atoms with van der Waals surface area (Å²) in [5, 5.41) is 2.36. The minimum absolute atomic E-state index is 0.0856. The molecule has 0 saturated carbocycles. The number of fused-ring (bicyclic) bond motifs is 3. The predicted octanol–water partition coefficient (Wildman–Crippen LogP) is 4.43. The summed E-state index contributed by atoms with van der Waals surface area (Å²) < 4.78 is 0. The van der Waals surface area contributed by atoms with Gasteiger partial charge in [0.25, 0.3) is 0 Å². The Balaban J connectivity index is 1.73. The van der Waals surface area contributed by atoms with E-state index in [0.29, 0.717) is 12.3 Å². The molecule has 0 radical (unpaired) electrons. The highest BCUT2D eigenvalue weighted by atomic mass is 16.2. The molecule has 0 aliphatic carbocycles. The molecule has 2 heterocycles. The maximum absolute atomic E-state index is 12.6. The number of nitrogens with zero attached hydrogens (tertiary/aromatic N) is 2. The van der Waals surface area contributed by atoms with Crippen LogP contribution in [0.2, 0.25) is 0 Å². The zero-order valence-electron chi connectivity index (χ0n) is 14.2. The Morgan fingerprint density at radius 2 is 2.12 bits per heavy atom. The van der Waals surface area contributed by atoms with Crippen molar-refractivity contribution in [2.24, 2.45) is 5.92 Å². The molecule has 0 spiro atoms. The van der Waals surface area contributed by atoms with Gasteiger partial charge in [0.15, 0.2) is 0 Å². The Bertz CT molecular complexity index is 896. The first-order valence-corrected chi connectivity index (χ1v) is 8.80. The highest BCUT2D eigenvalue weighted by Gasteiger charge is 2.32. The molecule has 4 rings (SSSR count). The number of benzene rings is 2. The molecule has 4 heteroatoms. The summed E-state index contributed by atoms with van der Waals surface area (Å²) in [6.07, 6.45) is 2.65. The van der Waals surface area contributed by atoms with Crippen LogP contribution in [0.15, 0.2) is 36.4 Å². The molecule has 1 fully saturated rings. The minimum Gasteiger partial charge on any atom is -0.340 e. The van der Waals surface area contributed by atoms with Crippen LogP contribution in [-0.2, 0) is 4.79 Å². The highest BCUT2D eigenvalue weighted by molar-refractivity contribution is 6.04. The van der Waals surface area contributed by atoms with Crippen LogP contribution in [0.3, 0.4) is 0 Å². The summed E-state index contributed by atoms with van der Waals surface area (Å²) >= 11 is 0. The summed E-state index contributed by atoms with van der Waals surface area (Å²) in [5.74, 6) is 1.56. The van der Waals surface area contributed by atoms with E-state index < -0.39 is 0 Å². The van der Waals surface area contributed by atoms with Crippen molar-refractivity contribution in [3.05, 3.63) is 42.2 Å². The van der Waals surface area contributed by atoms with E-state index in [9.17, 15) is 4.79 Å². The molecule has 1 aliphatic heterocycles. The molecule has 3 aromatic rings. The number of aromatic nitrogens is 2. The lowest BCUT2D eigenvalue weighted by Crippen LogP contribution is -2.31. The third-order valence-electron chi connectivity index (χ3n) is 4.87. The first kappa shape index (κ1) is 15.2. The summed E-state index contributed by atoms with van der Waals surface area (Å²) in [7, 11) is 0. The van der Waals surface area contributed by atoms with Crippen molar-refractivity contribution in [3.63, 3.8) is 0 Å². The molecule has 1 saturated heterocycles. The van der Waals surface area contributed by atoms with Crippen molar-refractivity contribution >= 4 is 27.7 Å². The van der Waals surface area contributed by atoms with Gasteiger partial charge in [-0.15, -0.1) is 0 Å². The second kappa shape index (κ2) is 5.93. The predicted molar refractivity (Wildman–Crippen MR) is 96.7 cm³/mol. The first-order valence-electron chi connectivity index (χ1n) is 8.80. The Morgan fingerprint density at radius 1 is 1.29 bits per heavy atom. The molecule has 1 N–H and O–H groups in total. The molecular formula is C20H23N3O. The number of nitrogens with one attached hydrogen (secondary N) is 1. The van der Waals surface area contributed by atoms with E-state index in [-0.39, 0.29) is 11.9 Å². The quantitative estimate of drug-likeness (QED) is 0.776. The Labute approximate surface area is 141 Å². The van der Waals surface area contributed by atoms with Gasteiger partial charge in [-0.1, -0.05) is 44.2 Å². The van der Waals surface area contributed by atoms with Gasteiger partial charge in [-0.3, -0.25) is 4.79 Å². The van der Waals surface area contributed by atoms with Crippen molar-refractivity contribution < 1.29 is 4.79 Å². The third-order valence-corrected chi connectivity index (χ3v) is 4.87. The largest absolute Gasteiger partial charge is 0.340 e. The molecule has 1 unspecified atom stereocenters. The fourth-order valence-corrected chi connectivity index (χ4v) is 3.74. The zero-order chi connectivity index (χ0) is 16.7. The number of hydrogen-bond acceptors (Lipinski definition) is 2. The summed E-state index contributed by atoms with van der Waals surface area (Å²) in [4.78, 5) is 22.9. The number of carbonyl (C=O) groups excluding carboxylic acids is 1. The third kappa shape index (κ3) is 2.56. The van der Waals surface area contributed by atoms with E-state index in [1.807, 2.05) is 17.0 Å². The number of carbonyl (C=O) groups is 1. The molecular weight excluding hydrogens is 298 g/mol. The normalized spacial score (nSPS) is 18.1. The van der Waals surface area contributed by atoms with Crippen LogP contribution in [0.4, 0.5) is 0 Å². The van der Waals surface area contributed by atoms with Gasteiger partial charge in [-0.05, 0) is 30.2 Å². The Hall–Kier alpha value is -2.36. The summed E-state index contributed by atoms with van der Waals surface area (Å²) in [6, 6.07) is 12.6. The average molecular weight is 321 g/mol. The van der Waals surface area contributed by atoms with Crippen molar-refractivity contribution in [2.75, 3.05) is 6.54 Å². The van der Waals surface area contributed by atoms with E-state index >= 15 is 0 Å². The Kier molecular flexibility index (Phi) is 3.75. The molecule has 4 nitrogen and oxygen atoms in total. The van der Waals surface area contributed by atoms with Crippen molar-refractivity contribution in [3.8, 4) is 0 Å². The van der Waals surface area contributed by atoms with Gasteiger partial charge in [-0.25, -0.2) is 4.98 Å². The SMILES string of the molecule is CC(C)CC(=O)N1CCCC1c1nc2c(ccc3ccccc32)[nH]1. The lowest BCUT2D eigenvalue weighted by Gasteiger charge is -2.24. The number of hydrogen-bond donors (Lipinski definition) is 1. The molecule has 1 aliphatic rings. The van der Waals surface area contributed by atoms with Crippen LogP contribution >= 0.6 is 0 Å². The second-order valence-electron chi connectivity index (χ2n) is 7.15. The van der Waals surface area contributed by atoms with E-state index in [2.05, 4.69) is 43.1 Å². The van der Waals surface area contributed by atoms with Crippen LogP contribution in [-0.4, -0.2) is 27.3 Å². The van der Waals surface area contributed by atoms with Crippen LogP contribution in [0.5, 0.6) is 0 Å². The van der Waals surface area contributed by atoms with Gasteiger partial charge in [0.2, 0.25) is 5.91 Å². The zero-order valence-corrected chi connectivity index (χ0v) is 14.2. The number of amides is 1. The topological polar surface area (TPSA) is 49.0 Å². The van der Waals surface area contributed by atoms with Gasteiger partial charge in [0.05, 0.1) is 17.1 Å². The molecule has 1 atom stereocenters. The summed E-state index contributed by atoms with van der Waals surface area (Å²) in [6.45, 7) is 5.03. The first-order chi connectivity index (χ1) is 11.6. The van der Waals surface area contributed by atoms with Crippen molar-refractivity contribution in [2.45, 2.75) is 39.2 Å². The molecule has 2 aromatic carbocycles. The maximum Gasteiger partial charge on any atom is 0.223 e. The Morgan fingerprint density at radius 3 is 2.96 bits per heavy atom. The van der Waals surface area contributed by atoms with Crippen molar-refractivity contribution in [1.29, 1.82) is 0 Å². The lowest BCUT2D eigenvalue weighted by molar-refractivity contribution is -0.133. The number of rotatable bonds is 3. The van der Waals surface area contributed by atoms with Crippen LogP contribution in [0, 0.1) is 5.92 Å². The van der Waals surface area contributed by atoms with Crippen LogP contribution < -0.4 is 0 Å². The number of imidazole rings is 1. The number of likely N-dealkylation sites (tertiary alicyclic amines) is 1. The molecule has 24 heavy (non-hydrogen) atoms. The fraction of sp³-hybridized carbons (Fsp3) is 0.400. The number of aromatic amines is 1. The van der Waals surface area contributed by atoms with Gasteiger partial charge in [0.1, 0.15) is 5.82 Å². The molecule has 0 bridgehead atoms. The van der Waals surface area contributed by atoms with E-state index in [1.165, 1.54) is 5.39 Å².